The summed E-state index contributed by atoms with van der Waals surface area (Å²) in [6.07, 6.45) is 7.97. The van der Waals surface area contributed by atoms with Crippen LogP contribution >= 0.6 is 0 Å². The first kappa shape index (κ1) is 15.0. The molecule has 6 heteroatoms. The van der Waals surface area contributed by atoms with E-state index in [1.807, 2.05) is 35.9 Å². The molecule has 0 aliphatic carbocycles. The molecule has 0 fully saturated rings. The van der Waals surface area contributed by atoms with Crippen molar-refractivity contribution >= 4 is 11.6 Å². The van der Waals surface area contributed by atoms with E-state index in [1.165, 1.54) is 0 Å². The minimum atomic E-state index is -0.136. The summed E-state index contributed by atoms with van der Waals surface area (Å²) in [5.41, 5.74) is 2.28. The number of hydrogen-bond acceptors (Lipinski definition) is 4. The molecule has 0 atom stereocenters. The third kappa shape index (κ3) is 3.66. The van der Waals surface area contributed by atoms with Crippen LogP contribution in [0.4, 0.5) is 0 Å². The third-order valence-electron chi connectivity index (χ3n) is 3.37. The summed E-state index contributed by atoms with van der Waals surface area (Å²) in [6.45, 7) is 3.09. The van der Waals surface area contributed by atoms with E-state index in [0.29, 0.717) is 24.6 Å². The Morgan fingerprint density at radius 3 is 3.00 bits per heavy atom. The fourth-order valence-corrected chi connectivity index (χ4v) is 2.18. The number of carbonyl (C=O) groups excluding carboxylic acids is 1. The number of aromatic nitrogens is 3. The molecule has 3 heterocycles. The van der Waals surface area contributed by atoms with E-state index in [1.54, 1.807) is 24.5 Å². The third-order valence-corrected chi connectivity index (χ3v) is 3.37. The number of amides is 1. The normalized spacial score (nSPS) is 10.7. The largest absolute Gasteiger partial charge is 0.478 e. The molecule has 0 spiro atoms. The van der Waals surface area contributed by atoms with Crippen molar-refractivity contribution in [1.29, 1.82) is 0 Å². The average molecular weight is 310 g/mol. The first-order valence-corrected chi connectivity index (χ1v) is 7.55. The van der Waals surface area contributed by atoms with Crippen LogP contribution in [0.25, 0.3) is 5.65 Å². The molecule has 0 aliphatic rings. The van der Waals surface area contributed by atoms with Gasteiger partial charge in [0.2, 0.25) is 5.88 Å². The lowest BCUT2D eigenvalue weighted by atomic mass is 10.2. The zero-order valence-corrected chi connectivity index (χ0v) is 12.9. The summed E-state index contributed by atoms with van der Waals surface area (Å²) in [6, 6.07) is 7.23. The molecule has 1 N–H and O–H groups in total. The molecule has 0 aliphatic heterocycles. The standard InChI is InChI=1S/C17H18N4O2/c1-2-9-23-16-10-13(3-5-19-16)12-20-17(22)14-4-7-21-8-6-18-15(21)11-14/h3-8,10-11H,2,9,12H2,1H3,(H,20,22). The number of pyridine rings is 2. The van der Waals surface area contributed by atoms with Crippen LogP contribution < -0.4 is 10.1 Å². The molecule has 0 aromatic carbocycles. The summed E-state index contributed by atoms with van der Waals surface area (Å²) < 4.78 is 7.35. The van der Waals surface area contributed by atoms with E-state index in [-0.39, 0.29) is 5.91 Å². The number of nitrogens with zero attached hydrogens (tertiary/aromatic N) is 3. The van der Waals surface area contributed by atoms with E-state index in [9.17, 15) is 4.79 Å². The highest BCUT2D eigenvalue weighted by Gasteiger charge is 2.07. The molecule has 6 nitrogen and oxygen atoms in total. The van der Waals surface area contributed by atoms with Crippen molar-refractivity contribution in [3.05, 3.63) is 60.2 Å². The Morgan fingerprint density at radius 1 is 1.22 bits per heavy atom. The molecular weight excluding hydrogens is 292 g/mol. The van der Waals surface area contributed by atoms with Crippen LogP contribution in [-0.2, 0) is 6.54 Å². The fourth-order valence-electron chi connectivity index (χ4n) is 2.18. The average Bonchev–Trinajstić information content (AvgIpc) is 3.06. The van der Waals surface area contributed by atoms with Crippen molar-refractivity contribution < 1.29 is 9.53 Å². The molecule has 0 saturated heterocycles. The van der Waals surface area contributed by atoms with E-state index < -0.39 is 0 Å². The predicted octanol–water partition coefficient (Wildman–Crippen LogP) is 2.45. The quantitative estimate of drug-likeness (QED) is 0.759. The number of hydrogen-bond donors (Lipinski definition) is 1. The Hall–Kier alpha value is -2.89. The number of fused-ring (bicyclic) bond motifs is 1. The Kier molecular flexibility index (Phi) is 4.52. The molecule has 3 aromatic heterocycles. The van der Waals surface area contributed by atoms with Crippen LogP contribution in [0.2, 0.25) is 0 Å². The zero-order chi connectivity index (χ0) is 16.1. The van der Waals surface area contributed by atoms with Crippen LogP contribution in [0.5, 0.6) is 5.88 Å². The Bertz CT molecular complexity index is 813. The van der Waals surface area contributed by atoms with Gasteiger partial charge in [0.1, 0.15) is 5.65 Å². The Labute approximate surface area is 134 Å². The van der Waals surface area contributed by atoms with E-state index >= 15 is 0 Å². The number of nitrogens with one attached hydrogen (secondary N) is 1. The van der Waals surface area contributed by atoms with Gasteiger partial charge in [0.15, 0.2) is 0 Å². The van der Waals surface area contributed by atoms with E-state index in [4.69, 9.17) is 4.74 Å². The predicted molar refractivity (Wildman–Crippen MR) is 86.4 cm³/mol. The van der Waals surface area contributed by atoms with Crippen LogP contribution in [0.1, 0.15) is 29.3 Å². The fraction of sp³-hybridized carbons (Fsp3) is 0.235. The smallest absolute Gasteiger partial charge is 0.251 e. The summed E-state index contributed by atoms with van der Waals surface area (Å²) >= 11 is 0. The molecule has 118 valence electrons. The highest BCUT2D eigenvalue weighted by molar-refractivity contribution is 5.94. The number of rotatable bonds is 6. The van der Waals surface area contributed by atoms with Gasteiger partial charge in [-0.25, -0.2) is 9.97 Å². The zero-order valence-electron chi connectivity index (χ0n) is 12.9. The highest BCUT2D eigenvalue weighted by Crippen LogP contribution is 2.10. The van der Waals surface area contributed by atoms with Gasteiger partial charge >= 0.3 is 0 Å². The SMILES string of the molecule is CCCOc1cc(CNC(=O)c2ccn3ccnc3c2)ccn1. The highest BCUT2D eigenvalue weighted by atomic mass is 16.5. The molecule has 0 radical (unpaired) electrons. The molecule has 3 rings (SSSR count). The van der Waals surface area contributed by atoms with Crippen LogP contribution in [0, 0.1) is 0 Å². The molecule has 0 bridgehead atoms. The van der Waals surface area contributed by atoms with Gasteiger partial charge < -0.3 is 14.5 Å². The summed E-state index contributed by atoms with van der Waals surface area (Å²) in [4.78, 5) is 20.6. The number of ether oxygens (including phenoxy) is 1. The summed E-state index contributed by atoms with van der Waals surface area (Å²) in [7, 11) is 0. The number of carbonyl (C=O) groups is 1. The molecule has 23 heavy (non-hydrogen) atoms. The second kappa shape index (κ2) is 6.91. The second-order valence-corrected chi connectivity index (χ2v) is 5.14. The minimum Gasteiger partial charge on any atom is -0.478 e. The molecule has 0 saturated carbocycles. The maximum absolute atomic E-state index is 12.2. The van der Waals surface area contributed by atoms with Gasteiger partial charge in [-0.2, -0.15) is 0 Å². The first-order chi connectivity index (χ1) is 11.3. The van der Waals surface area contributed by atoms with Gasteiger partial charge in [0.05, 0.1) is 6.61 Å². The van der Waals surface area contributed by atoms with Gasteiger partial charge in [0, 0.05) is 43.0 Å². The van der Waals surface area contributed by atoms with Gasteiger partial charge in [-0.15, -0.1) is 0 Å². The topological polar surface area (TPSA) is 68.5 Å². The second-order valence-electron chi connectivity index (χ2n) is 5.14. The van der Waals surface area contributed by atoms with Crippen molar-refractivity contribution in [3.8, 4) is 5.88 Å². The molecular formula is C17H18N4O2. The van der Waals surface area contributed by atoms with Crippen molar-refractivity contribution in [2.45, 2.75) is 19.9 Å². The molecule has 1 amide bonds. The van der Waals surface area contributed by atoms with Gasteiger partial charge in [-0.3, -0.25) is 4.79 Å². The van der Waals surface area contributed by atoms with Crippen LogP contribution in [0.3, 0.4) is 0 Å². The maximum atomic E-state index is 12.2. The lowest BCUT2D eigenvalue weighted by Crippen LogP contribution is -2.23. The van der Waals surface area contributed by atoms with Gasteiger partial charge in [0.25, 0.3) is 5.91 Å². The van der Waals surface area contributed by atoms with E-state index in [2.05, 4.69) is 15.3 Å². The summed E-state index contributed by atoms with van der Waals surface area (Å²) in [5, 5.41) is 2.90. The Balaban J connectivity index is 1.64. The van der Waals surface area contributed by atoms with Crippen LogP contribution in [-0.4, -0.2) is 26.9 Å². The van der Waals surface area contributed by atoms with Crippen molar-refractivity contribution in [1.82, 2.24) is 19.7 Å². The molecule has 3 aromatic rings. The molecule has 0 unspecified atom stereocenters. The lowest BCUT2D eigenvalue weighted by molar-refractivity contribution is 0.0951. The number of imidazole rings is 1. The first-order valence-electron chi connectivity index (χ1n) is 7.55. The maximum Gasteiger partial charge on any atom is 0.251 e. The van der Waals surface area contributed by atoms with Crippen molar-refractivity contribution in [2.24, 2.45) is 0 Å². The van der Waals surface area contributed by atoms with Gasteiger partial charge in [-0.05, 0) is 30.2 Å². The monoisotopic (exact) mass is 310 g/mol. The van der Waals surface area contributed by atoms with E-state index in [0.717, 1.165) is 17.6 Å². The summed E-state index contributed by atoms with van der Waals surface area (Å²) in [5.74, 6) is 0.445. The lowest BCUT2D eigenvalue weighted by Gasteiger charge is -2.08. The Morgan fingerprint density at radius 2 is 2.13 bits per heavy atom. The van der Waals surface area contributed by atoms with Gasteiger partial charge in [-0.1, -0.05) is 6.92 Å². The van der Waals surface area contributed by atoms with Crippen molar-refractivity contribution in [2.75, 3.05) is 6.61 Å². The van der Waals surface area contributed by atoms with Crippen molar-refractivity contribution in [3.63, 3.8) is 0 Å². The van der Waals surface area contributed by atoms with Crippen LogP contribution in [0.15, 0.2) is 49.1 Å². The minimum absolute atomic E-state index is 0.136.